The van der Waals surface area contributed by atoms with Crippen LogP contribution in [0.15, 0.2) is 12.4 Å². The Hall–Kier alpha value is -1.44. The van der Waals surface area contributed by atoms with E-state index in [2.05, 4.69) is 29.2 Å². The number of amides is 1. The molecule has 0 aromatic carbocycles. The van der Waals surface area contributed by atoms with Gasteiger partial charge in [-0.1, -0.05) is 0 Å². The van der Waals surface area contributed by atoms with Crippen LogP contribution in [0.3, 0.4) is 0 Å². The van der Waals surface area contributed by atoms with Gasteiger partial charge in [0.05, 0.1) is 24.8 Å². The number of rotatable bonds is 6. The fraction of sp³-hybridized carbons (Fsp3) is 0.778. The summed E-state index contributed by atoms with van der Waals surface area (Å²) < 4.78 is 7.44. The Morgan fingerprint density at radius 2 is 2.08 bits per heavy atom. The first kappa shape index (κ1) is 18.4. The van der Waals surface area contributed by atoms with Crippen molar-refractivity contribution >= 4 is 5.91 Å². The second-order valence-corrected chi connectivity index (χ2v) is 7.41. The maximum Gasteiger partial charge on any atom is 0.227 e. The molecule has 0 bridgehead atoms. The van der Waals surface area contributed by atoms with Gasteiger partial charge in [0, 0.05) is 65.0 Å². The Balaban J connectivity index is 1.50. The summed E-state index contributed by atoms with van der Waals surface area (Å²) in [5, 5.41) is 7.65. The van der Waals surface area contributed by atoms with Crippen LogP contribution in [0.4, 0.5) is 0 Å². The van der Waals surface area contributed by atoms with Crippen molar-refractivity contribution in [3.8, 4) is 0 Å². The molecule has 0 spiro atoms. The fourth-order valence-corrected chi connectivity index (χ4v) is 3.76. The molecule has 2 aliphatic rings. The quantitative estimate of drug-likeness (QED) is 0.800. The van der Waals surface area contributed by atoms with Crippen LogP contribution >= 0.6 is 0 Å². The van der Waals surface area contributed by atoms with Crippen molar-refractivity contribution in [3.63, 3.8) is 0 Å². The lowest BCUT2D eigenvalue weighted by atomic mass is 9.89. The van der Waals surface area contributed by atoms with Crippen molar-refractivity contribution in [1.82, 2.24) is 24.9 Å². The van der Waals surface area contributed by atoms with Crippen molar-refractivity contribution in [1.29, 1.82) is 0 Å². The molecule has 3 heterocycles. The average molecular weight is 349 g/mol. The molecular formula is C18H31N5O2. The van der Waals surface area contributed by atoms with Crippen molar-refractivity contribution in [3.05, 3.63) is 18.0 Å². The van der Waals surface area contributed by atoms with Gasteiger partial charge in [-0.3, -0.25) is 14.4 Å². The number of carbonyl (C=O) groups is 1. The number of carbonyl (C=O) groups excluding carboxylic acids is 1. The predicted molar refractivity (Wildman–Crippen MR) is 96.4 cm³/mol. The van der Waals surface area contributed by atoms with Crippen LogP contribution in [0.2, 0.25) is 0 Å². The largest absolute Gasteiger partial charge is 0.377 e. The van der Waals surface area contributed by atoms with E-state index in [9.17, 15) is 4.79 Å². The normalized spacial score (nSPS) is 25.0. The smallest absolute Gasteiger partial charge is 0.227 e. The predicted octanol–water partition coefficient (Wildman–Crippen LogP) is 0.292. The first-order chi connectivity index (χ1) is 12.0. The maximum atomic E-state index is 13.0. The lowest BCUT2D eigenvalue weighted by molar-refractivity contribution is -0.137. The molecule has 3 rings (SSSR count). The highest BCUT2D eigenvalue weighted by molar-refractivity contribution is 5.80. The minimum Gasteiger partial charge on any atom is -0.377 e. The van der Waals surface area contributed by atoms with Gasteiger partial charge in [0.1, 0.15) is 0 Å². The zero-order chi connectivity index (χ0) is 17.8. The van der Waals surface area contributed by atoms with Crippen LogP contribution in [0.5, 0.6) is 0 Å². The molecule has 25 heavy (non-hydrogen) atoms. The summed E-state index contributed by atoms with van der Waals surface area (Å²) in [6.45, 7) is 11.0. The van der Waals surface area contributed by atoms with Gasteiger partial charge >= 0.3 is 0 Å². The number of hydrogen-bond acceptors (Lipinski definition) is 5. The van der Waals surface area contributed by atoms with Crippen LogP contribution < -0.4 is 5.32 Å². The topological polar surface area (TPSA) is 62.6 Å². The van der Waals surface area contributed by atoms with Crippen LogP contribution in [-0.4, -0.2) is 84.0 Å². The van der Waals surface area contributed by atoms with Crippen LogP contribution in [-0.2, 0) is 16.6 Å². The molecule has 7 heteroatoms. The van der Waals surface area contributed by atoms with Gasteiger partial charge in [0.25, 0.3) is 0 Å². The van der Waals surface area contributed by atoms with Crippen LogP contribution in [0, 0.1) is 5.92 Å². The molecule has 0 aliphatic carbocycles. The summed E-state index contributed by atoms with van der Waals surface area (Å²) in [6, 6.07) is 0. The Morgan fingerprint density at radius 3 is 2.72 bits per heavy atom. The van der Waals surface area contributed by atoms with Gasteiger partial charge in [-0.15, -0.1) is 0 Å². The molecule has 0 unspecified atom stereocenters. The summed E-state index contributed by atoms with van der Waals surface area (Å²) in [7, 11) is 1.92. The van der Waals surface area contributed by atoms with Crippen molar-refractivity contribution in [2.75, 3.05) is 52.4 Å². The van der Waals surface area contributed by atoms with E-state index in [1.165, 1.54) is 0 Å². The van der Waals surface area contributed by atoms with Gasteiger partial charge < -0.3 is 15.0 Å². The minimum atomic E-state index is 0.0278. The lowest BCUT2D eigenvalue weighted by Crippen LogP contribution is -2.51. The van der Waals surface area contributed by atoms with Gasteiger partial charge in [-0.2, -0.15) is 5.10 Å². The molecule has 0 radical (unpaired) electrons. The Labute approximate surface area is 150 Å². The highest BCUT2D eigenvalue weighted by atomic mass is 16.5. The summed E-state index contributed by atoms with van der Waals surface area (Å²) in [4.78, 5) is 17.4. The zero-order valence-electron chi connectivity index (χ0n) is 15.6. The van der Waals surface area contributed by atoms with Crippen molar-refractivity contribution in [2.24, 2.45) is 13.0 Å². The molecule has 2 aliphatic heterocycles. The monoisotopic (exact) mass is 349 g/mol. The molecule has 2 fully saturated rings. The number of ether oxygens (including phenoxy) is 1. The Kier molecular flexibility index (Phi) is 6.09. The molecule has 1 N–H and O–H groups in total. The molecule has 2 saturated heterocycles. The number of nitrogens with zero attached hydrogens (tertiary/aromatic N) is 4. The number of hydrogen-bond donors (Lipinski definition) is 1. The van der Waals surface area contributed by atoms with Crippen molar-refractivity contribution < 1.29 is 9.53 Å². The number of piperazine rings is 1. The van der Waals surface area contributed by atoms with E-state index in [1.807, 2.05) is 29.0 Å². The van der Waals surface area contributed by atoms with Gasteiger partial charge in [-0.05, 0) is 19.4 Å². The molecule has 7 nitrogen and oxygen atoms in total. The first-order valence-corrected chi connectivity index (χ1v) is 9.36. The Morgan fingerprint density at radius 1 is 1.32 bits per heavy atom. The van der Waals surface area contributed by atoms with E-state index in [-0.39, 0.29) is 23.8 Å². The molecule has 1 amide bonds. The van der Waals surface area contributed by atoms with Gasteiger partial charge in [0.2, 0.25) is 5.91 Å². The standard InChI is InChI=1S/C18H31N5O2/c1-14(2)25-9-8-22-4-6-23(7-5-22)18(24)17-12-19-11-16(17)15-10-20-21(3)13-15/h10,13-14,16-17,19H,4-9,11-12H2,1-3H3/t16-,17+/m1/s1. The highest BCUT2D eigenvalue weighted by Crippen LogP contribution is 2.29. The lowest BCUT2D eigenvalue weighted by Gasteiger charge is -2.36. The first-order valence-electron chi connectivity index (χ1n) is 9.36. The summed E-state index contributed by atoms with van der Waals surface area (Å²) >= 11 is 0. The third-order valence-corrected chi connectivity index (χ3v) is 5.23. The van der Waals surface area contributed by atoms with Gasteiger partial charge in [-0.25, -0.2) is 0 Å². The van der Waals surface area contributed by atoms with E-state index in [4.69, 9.17) is 4.74 Å². The summed E-state index contributed by atoms with van der Waals surface area (Å²) in [6.07, 6.45) is 4.21. The van der Waals surface area contributed by atoms with Gasteiger partial charge in [0.15, 0.2) is 0 Å². The van der Waals surface area contributed by atoms with E-state index >= 15 is 0 Å². The second kappa shape index (κ2) is 8.29. The third kappa shape index (κ3) is 4.59. The fourth-order valence-electron chi connectivity index (χ4n) is 3.76. The number of aryl methyl sites for hydroxylation is 1. The van der Waals surface area contributed by atoms with E-state index in [1.54, 1.807) is 0 Å². The molecular weight excluding hydrogens is 318 g/mol. The number of nitrogens with one attached hydrogen (secondary N) is 1. The SMILES string of the molecule is CC(C)OCCN1CCN(C(=O)[C@H]2CNC[C@@H]2c2cnn(C)c2)CC1. The average Bonchev–Trinajstić information content (AvgIpc) is 3.23. The second-order valence-electron chi connectivity index (χ2n) is 7.41. The Bertz CT molecular complexity index is 566. The third-order valence-electron chi connectivity index (χ3n) is 5.23. The van der Waals surface area contributed by atoms with E-state index in [0.29, 0.717) is 0 Å². The molecule has 0 saturated carbocycles. The summed E-state index contributed by atoms with van der Waals surface area (Å²) in [5.41, 5.74) is 1.16. The van der Waals surface area contributed by atoms with Crippen molar-refractivity contribution in [2.45, 2.75) is 25.9 Å². The molecule has 140 valence electrons. The van der Waals surface area contributed by atoms with Crippen LogP contribution in [0.1, 0.15) is 25.3 Å². The molecule has 1 aromatic rings. The number of aromatic nitrogens is 2. The van der Waals surface area contributed by atoms with Crippen LogP contribution in [0.25, 0.3) is 0 Å². The highest BCUT2D eigenvalue weighted by Gasteiger charge is 2.37. The minimum absolute atomic E-state index is 0.0278. The molecule has 1 aromatic heterocycles. The van der Waals surface area contributed by atoms with E-state index in [0.717, 1.165) is 58.0 Å². The maximum absolute atomic E-state index is 13.0. The summed E-state index contributed by atoms with van der Waals surface area (Å²) in [5.74, 6) is 0.552. The zero-order valence-corrected chi connectivity index (χ0v) is 15.6. The van der Waals surface area contributed by atoms with E-state index < -0.39 is 0 Å². The molecule has 2 atom stereocenters.